The zero-order valence-corrected chi connectivity index (χ0v) is 12.9. The second kappa shape index (κ2) is 6.83. The third-order valence-corrected chi connectivity index (χ3v) is 3.39. The van der Waals surface area contributed by atoms with Gasteiger partial charge in [-0.25, -0.2) is 9.97 Å². The summed E-state index contributed by atoms with van der Waals surface area (Å²) in [5.41, 5.74) is 1.85. The minimum atomic E-state index is 0.578. The Bertz CT molecular complexity index is 773. The molecular weight excluding hydrogens is 294 g/mol. The van der Waals surface area contributed by atoms with Crippen LogP contribution < -0.4 is 14.8 Å². The SMILES string of the molecule is COc1ccc(CNc2ccnc(-c3ccoc3)n2)c(OC)c1. The zero-order valence-electron chi connectivity index (χ0n) is 12.9. The molecule has 6 heteroatoms. The molecule has 0 saturated heterocycles. The summed E-state index contributed by atoms with van der Waals surface area (Å²) in [6.07, 6.45) is 4.93. The van der Waals surface area contributed by atoms with Gasteiger partial charge in [0.25, 0.3) is 0 Å². The molecule has 6 nitrogen and oxygen atoms in total. The Morgan fingerprint density at radius 2 is 2.04 bits per heavy atom. The third kappa shape index (κ3) is 3.42. The van der Waals surface area contributed by atoms with Gasteiger partial charge in [0.2, 0.25) is 0 Å². The van der Waals surface area contributed by atoms with E-state index in [9.17, 15) is 0 Å². The number of nitrogens with one attached hydrogen (secondary N) is 1. The van der Waals surface area contributed by atoms with E-state index in [1.165, 1.54) is 0 Å². The number of aromatic nitrogens is 2. The van der Waals surface area contributed by atoms with E-state index in [1.54, 1.807) is 32.9 Å². The third-order valence-electron chi connectivity index (χ3n) is 3.39. The number of nitrogens with zero attached hydrogens (tertiary/aromatic N) is 2. The first-order valence-corrected chi connectivity index (χ1v) is 7.10. The van der Waals surface area contributed by atoms with E-state index in [0.717, 1.165) is 28.4 Å². The van der Waals surface area contributed by atoms with Crippen LogP contribution in [0, 0.1) is 0 Å². The normalized spacial score (nSPS) is 10.3. The van der Waals surface area contributed by atoms with Gasteiger partial charge in [0.1, 0.15) is 23.6 Å². The average Bonchev–Trinajstić information content (AvgIpc) is 3.14. The summed E-state index contributed by atoms with van der Waals surface area (Å²) in [4.78, 5) is 8.71. The maximum Gasteiger partial charge on any atom is 0.164 e. The highest BCUT2D eigenvalue weighted by molar-refractivity contribution is 5.55. The molecule has 0 unspecified atom stereocenters. The Hall–Kier alpha value is -3.02. The predicted octanol–water partition coefficient (Wildman–Crippen LogP) is 3.37. The standard InChI is InChI=1S/C17H17N3O3/c1-21-14-4-3-12(15(9-14)22-2)10-19-16-5-7-18-17(20-16)13-6-8-23-11-13/h3-9,11H,10H2,1-2H3,(H,18,19,20). The fourth-order valence-corrected chi connectivity index (χ4v) is 2.17. The maximum atomic E-state index is 5.39. The van der Waals surface area contributed by atoms with E-state index < -0.39 is 0 Å². The zero-order chi connectivity index (χ0) is 16.1. The van der Waals surface area contributed by atoms with Crippen LogP contribution in [0.3, 0.4) is 0 Å². The van der Waals surface area contributed by atoms with Gasteiger partial charge in [-0.3, -0.25) is 0 Å². The summed E-state index contributed by atoms with van der Waals surface area (Å²) < 4.78 is 15.7. The van der Waals surface area contributed by atoms with Crippen LogP contribution in [-0.4, -0.2) is 24.2 Å². The summed E-state index contributed by atoms with van der Waals surface area (Å²) in [7, 11) is 3.27. The van der Waals surface area contributed by atoms with E-state index >= 15 is 0 Å². The van der Waals surface area contributed by atoms with E-state index in [2.05, 4.69) is 15.3 Å². The molecule has 0 aliphatic heterocycles. The number of methoxy groups -OCH3 is 2. The van der Waals surface area contributed by atoms with Gasteiger partial charge in [-0.15, -0.1) is 0 Å². The van der Waals surface area contributed by atoms with Crippen molar-refractivity contribution in [2.24, 2.45) is 0 Å². The Morgan fingerprint density at radius 1 is 1.13 bits per heavy atom. The summed E-state index contributed by atoms with van der Waals surface area (Å²) >= 11 is 0. The van der Waals surface area contributed by atoms with Gasteiger partial charge < -0.3 is 19.2 Å². The van der Waals surface area contributed by atoms with Crippen LogP contribution in [0.1, 0.15) is 5.56 Å². The number of hydrogen-bond donors (Lipinski definition) is 1. The van der Waals surface area contributed by atoms with Crippen LogP contribution >= 0.6 is 0 Å². The molecule has 1 N–H and O–H groups in total. The number of anilines is 1. The lowest BCUT2D eigenvalue weighted by molar-refractivity contribution is 0.391. The molecular formula is C17H17N3O3. The first-order chi connectivity index (χ1) is 11.3. The van der Waals surface area contributed by atoms with Crippen LogP contribution in [0.5, 0.6) is 11.5 Å². The smallest absolute Gasteiger partial charge is 0.164 e. The summed E-state index contributed by atoms with van der Waals surface area (Å²) in [6, 6.07) is 9.36. The van der Waals surface area contributed by atoms with Crippen LogP contribution in [0.25, 0.3) is 11.4 Å². The van der Waals surface area contributed by atoms with Crippen molar-refractivity contribution in [1.82, 2.24) is 9.97 Å². The Morgan fingerprint density at radius 3 is 2.78 bits per heavy atom. The minimum absolute atomic E-state index is 0.578. The molecule has 0 bridgehead atoms. The molecule has 1 aromatic carbocycles. The molecule has 2 heterocycles. The van der Waals surface area contributed by atoms with Crippen molar-refractivity contribution in [2.75, 3.05) is 19.5 Å². The fourth-order valence-electron chi connectivity index (χ4n) is 2.17. The second-order valence-corrected chi connectivity index (χ2v) is 4.81. The van der Waals surface area contributed by atoms with Gasteiger partial charge in [-0.2, -0.15) is 0 Å². The lowest BCUT2D eigenvalue weighted by atomic mass is 10.2. The second-order valence-electron chi connectivity index (χ2n) is 4.81. The molecule has 118 valence electrons. The lowest BCUT2D eigenvalue weighted by Gasteiger charge is -2.11. The Balaban J connectivity index is 1.75. The van der Waals surface area contributed by atoms with Gasteiger partial charge in [0.15, 0.2) is 5.82 Å². The van der Waals surface area contributed by atoms with E-state index in [1.807, 2.05) is 30.3 Å². The summed E-state index contributed by atoms with van der Waals surface area (Å²) in [6.45, 7) is 0.578. The predicted molar refractivity (Wildman–Crippen MR) is 86.6 cm³/mol. The highest BCUT2D eigenvalue weighted by atomic mass is 16.5. The van der Waals surface area contributed by atoms with Crippen molar-refractivity contribution < 1.29 is 13.9 Å². The van der Waals surface area contributed by atoms with Gasteiger partial charge in [-0.05, 0) is 24.3 Å². The van der Waals surface area contributed by atoms with Crippen LogP contribution in [0.4, 0.5) is 5.82 Å². The van der Waals surface area contributed by atoms with Crippen LogP contribution in [0.15, 0.2) is 53.5 Å². The maximum absolute atomic E-state index is 5.39. The van der Waals surface area contributed by atoms with Gasteiger partial charge in [-0.1, -0.05) is 0 Å². The minimum Gasteiger partial charge on any atom is -0.497 e. The van der Waals surface area contributed by atoms with Gasteiger partial charge >= 0.3 is 0 Å². The topological polar surface area (TPSA) is 69.4 Å². The van der Waals surface area contributed by atoms with Crippen molar-refractivity contribution in [3.63, 3.8) is 0 Å². The first-order valence-electron chi connectivity index (χ1n) is 7.10. The van der Waals surface area contributed by atoms with E-state index in [4.69, 9.17) is 13.9 Å². The Labute approximate surface area is 134 Å². The molecule has 23 heavy (non-hydrogen) atoms. The van der Waals surface area contributed by atoms with Crippen molar-refractivity contribution in [2.45, 2.75) is 6.54 Å². The number of furan rings is 1. The van der Waals surface area contributed by atoms with Crippen LogP contribution in [0.2, 0.25) is 0 Å². The van der Waals surface area contributed by atoms with Crippen LogP contribution in [-0.2, 0) is 6.54 Å². The van der Waals surface area contributed by atoms with Crippen molar-refractivity contribution in [1.29, 1.82) is 0 Å². The average molecular weight is 311 g/mol. The molecule has 0 aliphatic rings. The number of benzene rings is 1. The van der Waals surface area contributed by atoms with Gasteiger partial charge in [0.05, 0.1) is 26.0 Å². The number of rotatable bonds is 6. The monoisotopic (exact) mass is 311 g/mol. The fraction of sp³-hybridized carbons (Fsp3) is 0.176. The van der Waals surface area contributed by atoms with Gasteiger partial charge in [0, 0.05) is 24.4 Å². The molecule has 2 aromatic heterocycles. The summed E-state index contributed by atoms with van der Waals surface area (Å²) in [5, 5.41) is 3.27. The highest BCUT2D eigenvalue weighted by Crippen LogP contribution is 2.25. The number of hydrogen-bond acceptors (Lipinski definition) is 6. The first kappa shape index (κ1) is 14.9. The lowest BCUT2D eigenvalue weighted by Crippen LogP contribution is -2.04. The molecule has 0 fully saturated rings. The molecule has 0 radical (unpaired) electrons. The largest absolute Gasteiger partial charge is 0.497 e. The van der Waals surface area contributed by atoms with Crippen molar-refractivity contribution in [3.8, 4) is 22.9 Å². The quantitative estimate of drug-likeness (QED) is 0.752. The molecule has 0 amide bonds. The Kier molecular flexibility index (Phi) is 4.42. The van der Waals surface area contributed by atoms with E-state index in [-0.39, 0.29) is 0 Å². The van der Waals surface area contributed by atoms with Crippen molar-refractivity contribution in [3.05, 3.63) is 54.6 Å². The number of ether oxygens (including phenoxy) is 2. The molecule has 3 aromatic rings. The molecule has 0 atom stereocenters. The molecule has 0 aliphatic carbocycles. The molecule has 0 saturated carbocycles. The molecule has 3 rings (SSSR count). The van der Waals surface area contributed by atoms with E-state index in [0.29, 0.717) is 12.4 Å². The highest BCUT2D eigenvalue weighted by Gasteiger charge is 2.07. The van der Waals surface area contributed by atoms with Crippen molar-refractivity contribution >= 4 is 5.82 Å². The molecule has 0 spiro atoms. The summed E-state index contributed by atoms with van der Waals surface area (Å²) in [5.74, 6) is 2.87.